The Labute approximate surface area is 188 Å². The summed E-state index contributed by atoms with van der Waals surface area (Å²) in [7, 11) is 1.91. The quantitative estimate of drug-likeness (QED) is 0.366. The second-order valence-corrected chi connectivity index (χ2v) is 8.80. The maximum Gasteiger partial charge on any atom is 0.193 e. The van der Waals surface area contributed by atoms with Crippen LogP contribution in [-0.4, -0.2) is 52.7 Å². The average Bonchev–Trinajstić information content (AvgIpc) is 3.44. The zero-order valence-electron chi connectivity index (χ0n) is 16.6. The van der Waals surface area contributed by atoms with Crippen LogP contribution in [0.3, 0.4) is 0 Å². The van der Waals surface area contributed by atoms with Crippen molar-refractivity contribution in [2.75, 3.05) is 26.7 Å². The second-order valence-electron chi connectivity index (χ2n) is 7.85. The zero-order chi connectivity index (χ0) is 18.5. The summed E-state index contributed by atoms with van der Waals surface area (Å²) in [5.74, 6) is 2.56. The number of aliphatic imine (C=N–C) groups is 1. The summed E-state index contributed by atoms with van der Waals surface area (Å²) in [6, 6.07) is 4.52. The molecule has 6 nitrogen and oxygen atoms in total. The molecule has 2 fully saturated rings. The molecule has 2 N–H and O–H groups in total. The number of aromatic nitrogens is 3. The molecule has 28 heavy (non-hydrogen) atoms. The van der Waals surface area contributed by atoms with Gasteiger partial charge in [-0.1, -0.05) is 25.3 Å². The number of nitrogens with zero attached hydrogens (tertiary/aromatic N) is 4. The van der Waals surface area contributed by atoms with E-state index in [2.05, 4.69) is 47.9 Å². The van der Waals surface area contributed by atoms with E-state index in [9.17, 15) is 0 Å². The SMILES string of the molecule is CN=C(NCC1(c2cccs2)CCCCC1)N1CCC(c2ncn[nH]2)CC1.I. The third-order valence-corrected chi connectivity index (χ3v) is 7.38. The maximum atomic E-state index is 4.60. The van der Waals surface area contributed by atoms with E-state index in [0.29, 0.717) is 5.92 Å². The van der Waals surface area contributed by atoms with Gasteiger partial charge in [0.25, 0.3) is 0 Å². The molecular weight excluding hydrogens is 483 g/mol. The highest BCUT2D eigenvalue weighted by atomic mass is 127. The molecule has 0 unspecified atom stereocenters. The van der Waals surface area contributed by atoms with Crippen molar-refractivity contribution in [1.29, 1.82) is 0 Å². The van der Waals surface area contributed by atoms with E-state index in [-0.39, 0.29) is 29.4 Å². The normalized spacial score (nSPS) is 20.6. The van der Waals surface area contributed by atoms with Gasteiger partial charge in [0.2, 0.25) is 0 Å². The molecule has 3 heterocycles. The number of H-pyrrole nitrogens is 1. The molecule has 2 aromatic rings. The first-order valence-corrected chi connectivity index (χ1v) is 11.0. The Morgan fingerprint density at radius 1 is 1.32 bits per heavy atom. The van der Waals surface area contributed by atoms with Crippen LogP contribution in [0.1, 0.15) is 61.6 Å². The Kier molecular flexibility index (Phi) is 7.73. The van der Waals surface area contributed by atoms with Gasteiger partial charge < -0.3 is 10.2 Å². The first-order chi connectivity index (χ1) is 13.3. The summed E-state index contributed by atoms with van der Waals surface area (Å²) < 4.78 is 0. The molecule has 2 aromatic heterocycles. The average molecular weight is 514 g/mol. The molecule has 0 radical (unpaired) electrons. The molecule has 4 rings (SSSR count). The zero-order valence-corrected chi connectivity index (χ0v) is 19.7. The lowest BCUT2D eigenvalue weighted by molar-refractivity contribution is 0.276. The van der Waals surface area contributed by atoms with Gasteiger partial charge in [-0.3, -0.25) is 10.1 Å². The fourth-order valence-electron chi connectivity index (χ4n) is 4.68. The number of halogens is 1. The predicted octanol–water partition coefficient (Wildman–Crippen LogP) is 4.14. The van der Waals surface area contributed by atoms with Crippen LogP contribution in [0.4, 0.5) is 0 Å². The Balaban J connectivity index is 0.00000225. The van der Waals surface area contributed by atoms with E-state index in [1.807, 2.05) is 18.4 Å². The van der Waals surface area contributed by atoms with E-state index in [4.69, 9.17) is 0 Å². The van der Waals surface area contributed by atoms with Gasteiger partial charge in [-0.25, -0.2) is 4.98 Å². The fraction of sp³-hybridized carbons (Fsp3) is 0.650. The Hall–Kier alpha value is -1.16. The summed E-state index contributed by atoms with van der Waals surface area (Å²) in [4.78, 5) is 12.9. The van der Waals surface area contributed by atoms with Crippen LogP contribution in [0.5, 0.6) is 0 Å². The topological polar surface area (TPSA) is 69.2 Å². The van der Waals surface area contributed by atoms with Gasteiger partial charge in [0.15, 0.2) is 5.96 Å². The van der Waals surface area contributed by atoms with Crippen molar-refractivity contribution in [3.8, 4) is 0 Å². The lowest BCUT2D eigenvalue weighted by Crippen LogP contribution is -2.50. The van der Waals surface area contributed by atoms with E-state index in [0.717, 1.165) is 44.3 Å². The number of piperidine rings is 1. The summed E-state index contributed by atoms with van der Waals surface area (Å²) in [5.41, 5.74) is 0.278. The predicted molar refractivity (Wildman–Crippen MR) is 126 cm³/mol. The number of likely N-dealkylation sites (tertiary alicyclic amines) is 1. The first kappa shape index (κ1) is 21.5. The number of thiophene rings is 1. The van der Waals surface area contributed by atoms with Gasteiger partial charge in [-0.2, -0.15) is 5.10 Å². The van der Waals surface area contributed by atoms with Crippen molar-refractivity contribution < 1.29 is 0 Å². The molecule has 1 aliphatic heterocycles. The van der Waals surface area contributed by atoms with Crippen molar-refractivity contribution in [3.05, 3.63) is 34.5 Å². The van der Waals surface area contributed by atoms with E-state index >= 15 is 0 Å². The molecule has 0 amide bonds. The molecule has 0 atom stereocenters. The summed E-state index contributed by atoms with van der Waals surface area (Å²) >= 11 is 1.91. The maximum absolute atomic E-state index is 4.60. The molecule has 154 valence electrons. The lowest BCUT2D eigenvalue weighted by atomic mass is 9.73. The number of aromatic amines is 1. The number of rotatable bonds is 4. The van der Waals surface area contributed by atoms with Crippen LogP contribution in [0.15, 0.2) is 28.8 Å². The van der Waals surface area contributed by atoms with Gasteiger partial charge >= 0.3 is 0 Å². The molecule has 2 aliphatic rings. The molecule has 8 heteroatoms. The smallest absolute Gasteiger partial charge is 0.193 e. The Morgan fingerprint density at radius 2 is 2.11 bits per heavy atom. The molecule has 1 aliphatic carbocycles. The largest absolute Gasteiger partial charge is 0.355 e. The number of nitrogens with one attached hydrogen (secondary N) is 2. The van der Waals surface area contributed by atoms with Crippen molar-refractivity contribution in [1.82, 2.24) is 25.4 Å². The molecular formula is C20H31IN6S. The summed E-state index contributed by atoms with van der Waals surface area (Å²) in [6.45, 7) is 3.01. The minimum Gasteiger partial charge on any atom is -0.355 e. The molecule has 0 aromatic carbocycles. The second kappa shape index (κ2) is 10.0. The third kappa shape index (κ3) is 4.69. The standard InChI is InChI=1S/C20H30N6S.HI/c1-21-19(26-11-7-16(8-12-26)18-23-15-24-25-18)22-14-20(9-3-2-4-10-20)17-6-5-13-27-17;/h5-6,13,15-16H,2-4,7-12,14H2,1H3,(H,21,22)(H,23,24,25);1H. The van der Waals surface area contributed by atoms with E-state index < -0.39 is 0 Å². The van der Waals surface area contributed by atoms with Gasteiger partial charge in [-0.05, 0) is 37.1 Å². The van der Waals surface area contributed by atoms with Crippen LogP contribution >= 0.6 is 35.3 Å². The number of hydrogen-bond acceptors (Lipinski definition) is 4. The van der Waals surface area contributed by atoms with Gasteiger partial charge in [0, 0.05) is 42.9 Å². The molecule has 0 bridgehead atoms. The van der Waals surface area contributed by atoms with Crippen molar-refractivity contribution in [3.63, 3.8) is 0 Å². The van der Waals surface area contributed by atoms with Crippen LogP contribution in [-0.2, 0) is 5.41 Å². The van der Waals surface area contributed by atoms with Crippen LogP contribution in [0, 0.1) is 0 Å². The van der Waals surface area contributed by atoms with Gasteiger partial charge in [0.1, 0.15) is 12.2 Å². The third-order valence-electron chi connectivity index (χ3n) is 6.27. The van der Waals surface area contributed by atoms with Gasteiger partial charge in [-0.15, -0.1) is 35.3 Å². The highest BCUT2D eigenvalue weighted by molar-refractivity contribution is 14.0. The molecule has 0 spiro atoms. The van der Waals surface area contributed by atoms with Gasteiger partial charge in [0.05, 0.1) is 0 Å². The van der Waals surface area contributed by atoms with Crippen molar-refractivity contribution >= 4 is 41.3 Å². The minimum atomic E-state index is 0. The van der Waals surface area contributed by atoms with Crippen LogP contribution < -0.4 is 5.32 Å². The lowest BCUT2D eigenvalue weighted by Gasteiger charge is -2.39. The fourth-order valence-corrected chi connectivity index (χ4v) is 5.66. The Morgan fingerprint density at radius 3 is 2.71 bits per heavy atom. The minimum absolute atomic E-state index is 0. The highest BCUT2D eigenvalue weighted by Crippen LogP contribution is 2.41. The number of guanidine groups is 1. The molecule has 1 saturated carbocycles. The Bertz CT molecular complexity index is 716. The monoisotopic (exact) mass is 514 g/mol. The van der Waals surface area contributed by atoms with E-state index in [1.165, 1.54) is 37.0 Å². The van der Waals surface area contributed by atoms with Crippen molar-refractivity contribution in [2.24, 2.45) is 4.99 Å². The highest BCUT2D eigenvalue weighted by Gasteiger charge is 2.35. The van der Waals surface area contributed by atoms with Crippen molar-refractivity contribution in [2.45, 2.75) is 56.3 Å². The van der Waals surface area contributed by atoms with Crippen LogP contribution in [0.2, 0.25) is 0 Å². The summed E-state index contributed by atoms with van der Waals surface area (Å²) in [5, 5.41) is 13.0. The van der Waals surface area contributed by atoms with E-state index in [1.54, 1.807) is 6.33 Å². The summed E-state index contributed by atoms with van der Waals surface area (Å²) in [6.07, 6.45) is 10.4. The van der Waals surface area contributed by atoms with Crippen LogP contribution in [0.25, 0.3) is 0 Å². The molecule has 1 saturated heterocycles. The first-order valence-electron chi connectivity index (χ1n) is 10.2. The number of hydrogen-bond donors (Lipinski definition) is 2.